The maximum atomic E-state index is 4.07. The van der Waals surface area contributed by atoms with Crippen LogP contribution in [0, 0.1) is 11.8 Å². The van der Waals surface area contributed by atoms with E-state index in [4.69, 9.17) is 0 Å². The van der Waals surface area contributed by atoms with Crippen LogP contribution in [0.1, 0.15) is 92.3 Å². The molecule has 9 rings (SSSR count). The van der Waals surface area contributed by atoms with Gasteiger partial charge in [0.05, 0.1) is 6.04 Å². The normalized spacial score (nSPS) is 27.5. The molecule has 0 aromatic heterocycles. The molecule has 230 valence electrons. The average molecular weight is 600 g/mol. The second-order valence-electron chi connectivity index (χ2n) is 15.7. The number of fused-ring (bicyclic) bond motifs is 8. The second-order valence-corrected chi connectivity index (χ2v) is 15.7. The van der Waals surface area contributed by atoms with E-state index in [2.05, 4.69) is 143 Å². The third kappa shape index (κ3) is 4.00. The summed E-state index contributed by atoms with van der Waals surface area (Å²) in [7, 11) is 0. The molecule has 1 heteroatoms. The first-order valence-electron chi connectivity index (χ1n) is 17.5. The lowest BCUT2D eigenvalue weighted by atomic mass is 9.73. The maximum Gasteiger partial charge on any atom is 0.0698 e. The van der Waals surface area contributed by atoms with E-state index < -0.39 is 0 Å². The molecular weight excluding hydrogens is 555 g/mol. The highest BCUT2D eigenvalue weighted by Crippen LogP contribution is 2.55. The highest BCUT2D eigenvalue weighted by molar-refractivity contribution is 5.87. The number of nitrogens with one attached hydrogen (secondary N) is 1. The van der Waals surface area contributed by atoms with Crippen molar-refractivity contribution in [3.63, 3.8) is 0 Å². The predicted molar refractivity (Wildman–Crippen MR) is 194 cm³/mol. The predicted octanol–water partition coefficient (Wildman–Crippen LogP) is 10.8. The first-order valence-corrected chi connectivity index (χ1v) is 17.5. The minimum absolute atomic E-state index is 0.0759. The monoisotopic (exact) mass is 599 g/mol. The lowest BCUT2D eigenvalue weighted by Gasteiger charge is -2.32. The van der Waals surface area contributed by atoms with E-state index in [1.165, 1.54) is 55.8 Å². The van der Waals surface area contributed by atoms with Crippen LogP contribution in [0.5, 0.6) is 0 Å². The maximum absolute atomic E-state index is 4.07. The van der Waals surface area contributed by atoms with Crippen molar-refractivity contribution >= 4 is 17.3 Å². The second kappa shape index (κ2) is 9.95. The summed E-state index contributed by atoms with van der Waals surface area (Å²) in [6, 6.07) is 23.1. The molecule has 3 aromatic rings. The number of hydrogen-bond acceptors (Lipinski definition) is 1. The van der Waals surface area contributed by atoms with E-state index in [9.17, 15) is 0 Å². The van der Waals surface area contributed by atoms with Gasteiger partial charge in [0.15, 0.2) is 0 Å². The van der Waals surface area contributed by atoms with Gasteiger partial charge in [-0.2, -0.15) is 0 Å². The van der Waals surface area contributed by atoms with Crippen molar-refractivity contribution in [3.8, 4) is 0 Å². The summed E-state index contributed by atoms with van der Waals surface area (Å²) >= 11 is 0. The Kier molecular flexibility index (Phi) is 6.09. The molecule has 0 saturated heterocycles. The fourth-order valence-corrected chi connectivity index (χ4v) is 9.99. The largest absolute Gasteiger partial charge is 0.374 e. The first-order chi connectivity index (χ1) is 22.2. The quantitative estimate of drug-likeness (QED) is 0.289. The van der Waals surface area contributed by atoms with E-state index in [0.29, 0.717) is 17.8 Å². The van der Waals surface area contributed by atoms with Crippen LogP contribution < -0.4 is 5.32 Å². The molecule has 46 heavy (non-hydrogen) atoms. The van der Waals surface area contributed by atoms with E-state index in [-0.39, 0.29) is 16.9 Å². The van der Waals surface area contributed by atoms with Gasteiger partial charge < -0.3 is 5.32 Å². The molecule has 0 saturated carbocycles. The molecule has 0 amide bonds. The van der Waals surface area contributed by atoms with Crippen LogP contribution in [0.25, 0.3) is 11.6 Å². The SMILES string of the molecule is CC1Cc2c(ccc3c2NC(C2=CCC4C(=C2)C(C)(C)c2ccccc24)C=C3)CC=C1C1C=CC2=C(C1)C(C)(C)c1ccccc12. The van der Waals surface area contributed by atoms with Gasteiger partial charge in [0.25, 0.3) is 0 Å². The molecule has 1 N–H and O–H groups in total. The van der Waals surface area contributed by atoms with Gasteiger partial charge in [-0.25, -0.2) is 0 Å². The molecule has 1 nitrogen and oxygen atoms in total. The summed E-state index contributed by atoms with van der Waals surface area (Å²) in [6.07, 6.45) is 21.7. The molecule has 1 aliphatic heterocycles. The van der Waals surface area contributed by atoms with Crippen LogP contribution in [0.15, 0.2) is 119 Å². The molecule has 0 fully saturated rings. The lowest BCUT2D eigenvalue weighted by molar-refractivity contribution is 0.534. The fourth-order valence-electron chi connectivity index (χ4n) is 9.99. The summed E-state index contributed by atoms with van der Waals surface area (Å²) in [6.45, 7) is 12.2. The van der Waals surface area contributed by atoms with Gasteiger partial charge in [0.1, 0.15) is 0 Å². The molecule has 4 atom stereocenters. The summed E-state index contributed by atoms with van der Waals surface area (Å²) in [4.78, 5) is 0. The van der Waals surface area contributed by atoms with Gasteiger partial charge in [-0.15, -0.1) is 0 Å². The highest BCUT2D eigenvalue weighted by atomic mass is 14.9. The molecular formula is C45H45N. The Balaban J connectivity index is 0.976. The Hall–Kier alpha value is -4.10. The zero-order valence-corrected chi connectivity index (χ0v) is 28.0. The summed E-state index contributed by atoms with van der Waals surface area (Å²) in [5, 5.41) is 4.07. The van der Waals surface area contributed by atoms with Crippen molar-refractivity contribution in [1.82, 2.24) is 0 Å². The van der Waals surface area contributed by atoms with Crippen LogP contribution in [-0.4, -0.2) is 6.04 Å². The molecule has 0 bridgehead atoms. The smallest absolute Gasteiger partial charge is 0.0698 e. The molecule has 5 aliphatic carbocycles. The minimum Gasteiger partial charge on any atom is -0.374 e. The third-order valence-electron chi connectivity index (χ3n) is 12.5. The van der Waals surface area contributed by atoms with Crippen LogP contribution in [-0.2, 0) is 23.7 Å². The Bertz CT molecular complexity index is 2000. The molecule has 0 radical (unpaired) electrons. The highest BCUT2D eigenvalue weighted by Gasteiger charge is 2.43. The fraction of sp³-hybridized carbons (Fsp3) is 0.333. The van der Waals surface area contributed by atoms with Gasteiger partial charge in [-0.3, -0.25) is 0 Å². The average Bonchev–Trinajstić information content (AvgIpc) is 3.34. The van der Waals surface area contributed by atoms with Crippen LogP contribution in [0.3, 0.4) is 0 Å². The number of allylic oxidation sites excluding steroid dienone is 8. The topological polar surface area (TPSA) is 12.0 Å². The molecule has 6 aliphatic rings. The Morgan fingerprint density at radius 2 is 1.59 bits per heavy atom. The van der Waals surface area contributed by atoms with Gasteiger partial charge in [-0.1, -0.05) is 155 Å². The first kappa shape index (κ1) is 28.1. The van der Waals surface area contributed by atoms with Crippen LogP contribution in [0.4, 0.5) is 5.69 Å². The zero-order chi connectivity index (χ0) is 31.4. The third-order valence-corrected chi connectivity index (χ3v) is 12.5. The van der Waals surface area contributed by atoms with E-state index in [0.717, 1.165) is 25.7 Å². The minimum atomic E-state index is 0.0759. The molecule has 4 unspecified atom stereocenters. The molecule has 1 heterocycles. The number of rotatable bonds is 2. The van der Waals surface area contributed by atoms with E-state index >= 15 is 0 Å². The number of benzene rings is 3. The van der Waals surface area contributed by atoms with Crippen LogP contribution in [0.2, 0.25) is 0 Å². The summed E-state index contributed by atoms with van der Waals surface area (Å²) in [5.41, 5.74) is 19.5. The van der Waals surface area contributed by atoms with Gasteiger partial charge in [0, 0.05) is 28.4 Å². The van der Waals surface area contributed by atoms with Crippen molar-refractivity contribution in [2.75, 3.05) is 5.32 Å². The van der Waals surface area contributed by atoms with Gasteiger partial charge >= 0.3 is 0 Å². The Morgan fingerprint density at radius 3 is 2.46 bits per heavy atom. The summed E-state index contributed by atoms with van der Waals surface area (Å²) in [5.74, 6) is 1.48. The number of anilines is 1. The van der Waals surface area contributed by atoms with Gasteiger partial charge in [-0.05, 0) is 81.7 Å². The van der Waals surface area contributed by atoms with Crippen molar-refractivity contribution < 1.29 is 0 Å². The van der Waals surface area contributed by atoms with Crippen molar-refractivity contribution in [1.29, 1.82) is 0 Å². The van der Waals surface area contributed by atoms with E-state index in [1.807, 2.05) is 0 Å². The molecule has 3 aromatic carbocycles. The molecule has 0 spiro atoms. The van der Waals surface area contributed by atoms with Gasteiger partial charge in [0.2, 0.25) is 0 Å². The van der Waals surface area contributed by atoms with Crippen molar-refractivity contribution in [2.45, 2.75) is 83.1 Å². The standard InChI is InChI=1S/C45H45N/c1-27-24-37-28(16-20-32(27)30-17-21-35-33-10-6-8-12-38(33)44(2,3)40(35)25-30)14-15-29-19-23-42(46-43(29)37)31-18-22-36-34-11-7-9-13-39(34)45(4,5)41(36)26-31/h6-15,17-21,23,26-27,30,36,42,46H,16,22,24-25H2,1-5H3. The Labute approximate surface area is 275 Å². The number of hydrogen-bond donors (Lipinski definition) is 1. The lowest BCUT2D eigenvalue weighted by Crippen LogP contribution is -2.26. The zero-order valence-electron chi connectivity index (χ0n) is 28.0. The Morgan fingerprint density at radius 1 is 0.783 bits per heavy atom. The van der Waals surface area contributed by atoms with Crippen molar-refractivity contribution in [3.05, 3.63) is 158 Å². The van der Waals surface area contributed by atoms with Crippen LogP contribution >= 0.6 is 0 Å². The van der Waals surface area contributed by atoms with Crippen molar-refractivity contribution in [2.24, 2.45) is 11.8 Å². The van der Waals surface area contributed by atoms with E-state index in [1.54, 1.807) is 16.7 Å². The summed E-state index contributed by atoms with van der Waals surface area (Å²) < 4.78 is 0.